The monoisotopic (exact) mass is 361 g/mol. The maximum absolute atomic E-state index is 13.0. The highest BCUT2D eigenvalue weighted by atomic mass is 16.5. The molecule has 1 aromatic heterocycles. The summed E-state index contributed by atoms with van der Waals surface area (Å²) in [5, 5.41) is 20.2. The van der Waals surface area contributed by atoms with Gasteiger partial charge < -0.3 is 19.5 Å². The fraction of sp³-hybridized carbons (Fsp3) is 0.190. The largest absolute Gasteiger partial charge is 0.458 e. The van der Waals surface area contributed by atoms with Crippen molar-refractivity contribution in [3.63, 3.8) is 0 Å². The Kier molecular flexibility index (Phi) is 3.36. The molecule has 2 aliphatic heterocycles. The first-order valence-electron chi connectivity index (χ1n) is 8.61. The van der Waals surface area contributed by atoms with Crippen LogP contribution in [-0.4, -0.2) is 27.4 Å². The molecular formula is C21H15NO5. The fourth-order valence-electron chi connectivity index (χ4n) is 4.00. The SMILES string of the molecule is O=C1OCc2c(cc3n(c2=O)CC2=C(CO)c4ccccc4C=C=C23)C1O. The van der Waals surface area contributed by atoms with E-state index in [1.54, 1.807) is 10.6 Å². The molecule has 1 aromatic carbocycles. The molecule has 0 radical (unpaired) electrons. The molecule has 134 valence electrons. The van der Waals surface area contributed by atoms with E-state index in [-0.39, 0.29) is 24.3 Å². The van der Waals surface area contributed by atoms with E-state index in [0.717, 1.165) is 22.3 Å². The maximum Gasteiger partial charge on any atom is 0.340 e. The van der Waals surface area contributed by atoms with Gasteiger partial charge in [0.25, 0.3) is 5.56 Å². The van der Waals surface area contributed by atoms with Gasteiger partial charge in [-0.1, -0.05) is 24.3 Å². The second kappa shape index (κ2) is 5.66. The van der Waals surface area contributed by atoms with Crippen LogP contribution in [-0.2, 0) is 22.7 Å². The number of allylic oxidation sites excluding steroid dienone is 2. The summed E-state index contributed by atoms with van der Waals surface area (Å²) in [6, 6.07) is 9.36. The van der Waals surface area contributed by atoms with Crippen molar-refractivity contribution in [2.45, 2.75) is 19.3 Å². The zero-order valence-electron chi connectivity index (χ0n) is 14.2. The molecule has 0 saturated carbocycles. The minimum atomic E-state index is -1.47. The van der Waals surface area contributed by atoms with Crippen molar-refractivity contribution >= 4 is 23.2 Å². The number of aromatic nitrogens is 1. The number of fused-ring (bicyclic) bond motifs is 5. The van der Waals surface area contributed by atoms with Crippen LogP contribution in [0.1, 0.15) is 34.1 Å². The van der Waals surface area contributed by atoms with Crippen LogP contribution in [0.15, 0.2) is 46.4 Å². The second-order valence-corrected chi connectivity index (χ2v) is 6.73. The first-order valence-corrected chi connectivity index (χ1v) is 8.61. The number of carbonyl (C=O) groups is 1. The summed E-state index contributed by atoms with van der Waals surface area (Å²) < 4.78 is 6.48. The molecule has 6 nitrogen and oxygen atoms in total. The summed E-state index contributed by atoms with van der Waals surface area (Å²) in [5.74, 6) is -0.755. The van der Waals surface area contributed by atoms with Crippen molar-refractivity contribution in [1.29, 1.82) is 0 Å². The number of hydrogen-bond acceptors (Lipinski definition) is 5. The van der Waals surface area contributed by atoms with Gasteiger partial charge in [-0.15, -0.1) is 5.73 Å². The van der Waals surface area contributed by atoms with Gasteiger partial charge in [0.15, 0.2) is 6.10 Å². The number of ether oxygens (including phenoxy) is 1. The van der Waals surface area contributed by atoms with Crippen LogP contribution in [0.25, 0.3) is 17.2 Å². The number of rotatable bonds is 1. The van der Waals surface area contributed by atoms with E-state index >= 15 is 0 Å². The zero-order chi connectivity index (χ0) is 18.7. The first-order chi connectivity index (χ1) is 13.1. The average Bonchev–Trinajstić information content (AvgIpc) is 2.95. The van der Waals surface area contributed by atoms with Crippen LogP contribution in [0.3, 0.4) is 0 Å². The van der Waals surface area contributed by atoms with Gasteiger partial charge in [-0.05, 0) is 34.4 Å². The van der Waals surface area contributed by atoms with Gasteiger partial charge in [0.2, 0.25) is 0 Å². The molecule has 0 spiro atoms. The van der Waals surface area contributed by atoms with E-state index in [1.165, 1.54) is 0 Å². The number of aliphatic hydroxyl groups excluding tert-OH is 2. The van der Waals surface area contributed by atoms with Crippen molar-refractivity contribution < 1.29 is 19.7 Å². The molecule has 6 heteroatoms. The van der Waals surface area contributed by atoms with Gasteiger partial charge in [-0.3, -0.25) is 4.79 Å². The molecule has 3 aliphatic rings. The van der Waals surface area contributed by atoms with Crippen molar-refractivity contribution in [3.8, 4) is 0 Å². The third kappa shape index (κ3) is 2.15. The predicted octanol–water partition coefficient (Wildman–Crippen LogP) is 1.41. The maximum atomic E-state index is 13.0. The number of esters is 1. The number of benzene rings is 1. The topological polar surface area (TPSA) is 88.8 Å². The van der Waals surface area contributed by atoms with E-state index in [9.17, 15) is 19.8 Å². The molecule has 2 aromatic rings. The molecule has 5 rings (SSSR count). The highest BCUT2D eigenvalue weighted by Gasteiger charge is 2.35. The van der Waals surface area contributed by atoms with E-state index in [1.807, 2.05) is 30.3 Å². The van der Waals surface area contributed by atoms with Crippen LogP contribution in [0.2, 0.25) is 0 Å². The van der Waals surface area contributed by atoms with Crippen LogP contribution in [0.5, 0.6) is 0 Å². The minimum absolute atomic E-state index is 0.145. The van der Waals surface area contributed by atoms with Gasteiger partial charge in [-0.2, -0.15) is 0 Å². The predicted molar refractivity (Wildman–Crippen MR) is 97.3 cm³/mol. The smallest absolute Gasteiger partial charge is 0.340 e. The second-order valence-electron chi connectivity index (χ2n) is 6.73. The van der Waals surface area contributed by atoms with Gasteiger partial charge in [0, 0.05) is 11.1 Å². The molecule has 1 aliphatic carbocycles. The molecule has 1 unspecified atom stereocenters. The highest BCUT2D eigenvalue weighted by molar-refractivity contribution is 5.95. The lowest BCUT2D eigenvalue weighted by Gasteiger charge is -2.21. The Labute approximate surface area is 154 Å². The van der Waals surface area contributed by atoms with Crippen LogP contribution >= 0.6 is 0 Å². The normalized spacial score (nSPS) is 19.6. The van der Waals surface area contributed by atoms with Crippen molar-refractivity contribution in [3.05, 3.63) is 79.9 Å². The van der Waals surface area contributed by atoms with Gasteiger partial charge in [-0.25, -0.2) is 4.79 Å². The zero-order valence-corrected chi connectivity index (χ0v) is 14.2. The molecule has 0 fully saturated rings. The van der Waals surface area contributed by atoms with E-state index in [4.69, 9.17) is 4.74 Å². The van der Waals surface area contributed by atoms with Gasteiger partial charge in [0.1, 0.15) is 6.61 Å². The lowest BCUT2D eigenvalue weighted by Crippen LogP contribution is -2.32. The van der Waals surface area contributed by atoms with Crippen molar-refractivity contribution in [1.82, 2.24) is 4.57 Å². The van der Waals surface area contributed by atoms with Crippen LogP contribution < -0.4 is 5.56 Å². The number of aliphatic hydroxyl groups is 2. The van der Waals surface area contributed by atoms with E-state index in [0.29, 0.717) is 23.4 Å². The Morgan fingerprint density at radius 3 is 2.89 bits per heavy atom. The molecule has 27 heavy (non-hydrogen) atoms. The summed E-state index contributed by atoms with van der Waals surface area (Å²) in [6.45, 7) is -0.0160. The van der Waals surface area contributed by atoms with Gasteiger partial charge in [0.05, 0.1) is 24.4 Å². The molecule has 0 saturated heterocycles. The molecule has 0 amide bonds. The molecule has 1 atom stereocenters. The van der Waals surface area contributed by atoms with Crippen molar-refractivity contribution in [2.75, 3.05) is 6.61 Å². The van der Waals surface area contributed by atoms with Crippen LogP contribution in [0.4, 0.5) is 0 Å². The number of hydrogen-bond donors (Lipinski definition) is 2. The quantitative estimate of drug-likeness (QED) is 0.592. The lowest BCUT2D eigenvalue weighted by atomic mass is 9.94. The standard InChI is InChI=1S/C21H15NO5/c23-9-16-12-4-2-1-3-11(12)5-6-13-15(16)8-22-18(13)7-14-17(20(22)25)10-27-21(26)19(14)24/h1-5,7,19,23-24H,8-10H2. The Morgan fingerprint density at radius 1 is 1.26 bits per heavy atom. The summed E-state index contributed by atoms with van der Waals surface area (Å²) in [4.78, 5) is 24.7. The number of carbonyl (C=O) groups excluding carboxylic acids is 1. The molecule has 0 bridgehead atoms. The third-order valence-electron chi connectivity index (χ3n) is 5.37. The number of pyridine rings is 1. The minimum Gasteiger partial charge on any atom is -0.458 e. The van der Waals surface area contributed by atoms with E-state index < -0.39 is 12.1 Å². The lowest BCUT2D eigenvalue weighted by molar-refractivity contribution is -0.157. The average molecular weight is 361 g/mol. The Morgan fingerprint density at radius 2 is 2.07 bits per heavy atom. The summed E-state index contributed by atoms with van der Waals surface area (Å²) in [6.07, 6.45) is 0.364. The van der Waals surface area contributed by atoms with Crippen molar-refractivity contribution in [2.24, 2.45) is 0 Å². The molecule has 3 heterocycles. The first kappa shape index (κ1) is 16.0. The Balaban J connectivity index is 1.81. The molecular weight excluding hydrogens is 346 g/mol. The number of nitrogens with zero attached hydrogens (tertiary/aromatic N) is 1. The Hall–Kier alpha value is -3.18. The summed E-state index contributed by atoms with van der Waals surface area (Å²) >= 11 is 0. The van der Waals surface area contributed by atoms with E-state index in [2.05, 4.69) is 5.73 Å². The summed E-state index contributed by atoms with van der Waals surface area (Å²) in [7, 11) is 0. The highest BCUT2D eigenvalue weighted by Crippen LogP contribution is 2.40. The fourth-order valence-corrected chi connectivity index (χ4v) is 4.00. The summed E-state index contributed by atoms with van der Waals surface area (Å²) in [5.41, 5.74) is 8.20. The number of cyclic esters (lactones) is 1. The molecule has 2 N–H and O–H groups in total. The Bertz CT molecular complexity index is 1180. The van der Waals surface area contributed by atoms with Crippen LogP contribution in [0, 0.1) is 0 Å². The van der Waals surface area contributed by atoms with Gasteiger partial charge >= 0.3 is 5.97 Å². The third-order valence-corrected chi connectivity index (χ3v) is 5.37.